The lowest BCUT2D eigenvalue weighted by atomic mass is 10.3. The second-order valence-corrected chi connectivity index (χ2v) is 3.77. The SMILES string of the molecule is CCN(CC)CCN1CC[C@@H](O)C1. The minimum Gasteiger partial charge on any atom is -0.392 e. The fourth-order valence-corrected chi connectivity index (χ4v) is 1.84. The Morgan fingerprint density at radius 2 is 2.08 bits per heavy atom. The lowest BCUT2D eigenvalue weighted by molar-refractivity contribution is 0.169. The van der Waals surface area contributed by atoms with Crippen LogP contribution in [0.3, 0.4) is 0 Å². The maximum atomic E-state index is 9.32. The first-order valence-electron chi connectivity index (χ1n) is 5.39. The number of hydrogen-bond acceptors (Lipinski definition) is 3. The van der Waals surface area contributed by atoms with Crippen LogP contribution in [0.4, 0.5) is 0 Å². The van der Waals surface area contributed by atoms with Crippen molar-refractivity contribution in [2.24, 2.45) is 0 Å². The minimum absolute atomic E-state index is 0.0725. The van der Waals surface area contributed by atoms with Crippen molar-refractivity contribution in [3.63, 3.8) is 0 Å². The normalized spacial score (nSPS) is 24.5. The highest BCUT2D eigenvalue weighted by atomic mass is 16.3. The maximum absolute atomic E-state index is 9.32. The molecule has 0 aromatic heterocycles. The topological polar surface area (TPSA) is 26.7 Å². The van der Waals surface area contributed by atoms with Gasteiger partial charge < -0.3 is 10.0 Å². The smallest absolute Gasteiger partial charge is 0.0679 e. The summed E-state index contributed by atoms with van der Waals surface area (Å²) in [5, 5.41) is 9.32. The third kappa shape index (κ3) is 3.63. The summed E-state index contributed by atoms with van der Waals surface area (Å²) in [7, 11) is 0. The molecule has 1 N–H and O–H groups in total. The summed E-state index contributed by atoms with van der Waals surface area (Å²) in [5.74, 6) is 0. The number of likely N-dealkylation sites (tertiary alicyclic amines) is 1. The highest BCUT2D eigenvalue weighted by Gasteiger charge is 2.19. The van der Waals surface area contributed by atoms with E-state index < -0.39 is 0 Å². The van der Waals surface area contributed by atoms with Gasteiger partial charge in [-0.3, -0.25) is 4.90 Å². The lowest BCUT2D eigenvalue weighted by Crippen LogP contribution is -2.34. The maximum Gasteiger partial charge on any atom is 0.0679 e. The summed E-state index contributed by atoms with van der Waals surface area (Å²) >= 11 is 0. The van der Waals surface area contributed by atoms with Crippen molar-refractivity contribution >= 4 is 0 Å². The van der Waals surface area contributed by atoms with Crippen molar-refractivity contribution in [2.75, 3.05) is 39.3 Å². The van der Waals surface area contributed by atoms with Crippen molar-refractivity contribution in [3.8, 4) is 0 Å². The van der Waals surface area contributed by atoms with Crippen LogP contribution in [0.1, 0.15) is 20.3 Å². The third-order valence-corrected chi connectivity index (χ3v) is 2.87. The van der Waals surface area contributed by atoms with E-state index >= 15 is 0 Å². The van der Waals surface area contributed by atoms with Gasteiger partial charge in [-0.2, -0.15) is 0 Å². The zero-order valence-electron chi connectivity index (χ0n) is 8.87. The number of nitrogens with zero attached hydrogens (tertiary/aromatic N) is 2. The molecule has 3 heteroatoms. The number of aliphatic hydroxyl groups is 1. The number of likely N-dealkylation sites (N-methyl/N-ethyl adjacent to an activating group) is 1. The summed E-state index contributed by atoms with van der Waals surface area (Å²) < 4.78 is 0. The van der Waals surface area contributed by atoms with Crippen LogP contribution in [-0.4, -0.2) is 60.3 Å². The Morgan fingerprint density at radius 3 is 2.54 bits per heavy atom. The fraction of sp³-hybridized carbons (Fsp3) is 1.00. The second-order valence-electron chi connectivity index (χ2n) is 3.77. The fourth-order valence-electron chi connectivity index (χ4n) is 1.84. The Hall–Kier alpha value is -0.120. The molecule has 0 aromatic rings. The van der Waals surface area contributed by atoms with Gasteiger partial charge in [0.25, 0.3) is 0 Å². The van der Waals surface area contributed by atoms with Gasteiger partial charge in [0, 0.05) is 26.2 Å². The van der Waals surface area contributed by atoms with E-state index in [0.717, 1.165) is 45.7 Å². The molecule has 0 aromatic carbocycles. The molecule has 3 nitrogen and oxygen atoms in total. The minimum atomic E-state index is -0.0725. The Bertz CT molecular complexity index is 137. The molecule has 1 aliphatic heterocycles. The van der Waals surface area contributed by atoms with E-state index in [0.29, 0.717) is 0 Å². The average Bonchev–Trinajstić information content (AvgIpc) is 2.53. The molecule has 0 saturated carbocycles. The van der Waals surface area contributed by atoms with Crippen LogP contribution in [0, 0.1) is 0 Å². The summed E-state index contributed by atoms with van der Waals surface area (Å²) in [6.45, 7) is 10.9. The van der Waals surface area contributed by atoms with Crippen LogP contribution in [0.5, 0.6) is 0 Å². The monoisotopic (exact) mass is 186 g/mol. The Morgan fingerprint density at radius 1 is 1.38 bits per heavy atom. The highest BCUT2D eigenvalue weighted by Crippen LogP contribution is 2.07. The highest BCUT2D eigenvalue weighted by molar-refractivity contribution is 4.74. The van der Waals surface area contributed by atoms with Crippen molar-refractivity contribution in [2.45, 2.75) is 26.4 Å². The molecule has 1 atom stereocenters. The largest absolute Gasteiger partial charge is 0.392 e. The molecule has 13 heavy (non-hydrogen) atoms. The van der Waals surface area contributed by atoms with Gasteiger partial charge in [0.15, 0.2) is 0 Å². The number of aliphatic hydroxyl groups excluding tert-OH is 1. The van der Waals surface area contributed by atoms with Gasteiger partial charge in [-0.15, -0.1) is 0 Å². The number of rotatable bonds is 5. The molecule has 0 radical (unpaired) electrons. The molecule has 1 saturated heterocycles. The predicted octanol–water partition coefficient (Wildman–Crippen LogP) is 0.395. The van der Waals surface area contributed by atoms with Crippen LogP contribution in [0.15, 0.2) is 0 Å². The van der Waals surface area contributed by atoms with Gasteiger partial charge in [0.2, 0.25) is 0 Å². The molecular formula is C10H22N2O. The molecule has 0 unspecified atom stereocenters. The predicted molar refractivity (Wildman–Crippen MR) is 54.9 cm³/mol. The van der Waals surface area contributed by atoms with Crippen molar-refractivity contribution in [1.82, 2.24) is 9.80 Å². The molecule has 1 aliphatic rings. The van der Waals surface area contributed by atoms with Crippen LogP contribution < -0.4 is 0 Å². The van der Waals surface area contributed by atoms with Crippen molar-refractivity contribution in [1.29, 1.82) is 0 Å². The number of β-amino-alcohol motifs (C(OH)–C–C–N with tert-alkyl or cyclic N) is 1. The van der Waals surface area contributed by atoms with Crippen LogP contribution in [0.25, 0.3) is 0 Å². The summed E-state index contributed by atoms with van der Waals surface area (Å²) in [6.07, 6.45) is 0.884. The van der Waals surface area contributed by atoms with Gasteiger partial charge in [-0.25, -0.2) is 0 Å². The van der Waals surface area contributed by atoms with Gasteiger partial charge >= 0.3 is 0 Å². The first-order chi connectivity index (χ1) is 6.26. The molecule has 78 valence electrons. The zero-order chi connectivity index (χ0) is 9.68. The molecule has 0 aliphatic carbocycles. The van der Waals surface area contributed by atoms with Crippen LogP contribution in [-0.2, 0) is 0 Å². The average molecular weight is 186 g/mol. The first kappa shape index (κ1) is 11.0. The molecule has 0 spiro atoms. The summed E-state index contributed by atoms with van der Waals surface area (Å²) in [6, 6.07) is 0. The Balaban J connectivity index is 2.11. The lowest BCUT2D eigenvalue weighted by Gasteiger charge is -2.22. The molecule has 0 amide bonds. The second kappa shape index (κ2) is 5.58. The number of hydrogen-bond donors (Lipinski definition) is 1. The molecule has 1 fully saturated rings. The Labute approximate surface area is 81.3 Å². The third-order valence-electron chi connectivity index (χ3n) is 2.87. The quantitative estimate of drug-likeness (QED) is 0.673. The zero-order valence-corrected chi connectivity index (χ0v) is 8.87. The molecular weight excluding hydrogens is 164 g/mol. The molecule has 1 rings (SSSR count). The van der Waals surface area contributed by atoms with Gasteiger partial charge in [0.1, 0.15) is 0 Å². The van der Waals surface area contributed by atoms with E-state index in [1.54, 1.807) is 0 Å². The summed E-state index contributed by atoms with van der Waals surface area (Å²) in [4.78, 5) is 4.77. The van der Waals surface area contributed by atoms with Crippen molar-refractivity contribution in [3.05, 3.63) is 0 Å². The van der Waals surface area contributed by atoms with Crippen molar-refractivity contribution < 1.29 is 5.11 Å². The Kier molecular flexibility index (Phi) is 4.70. The summed E-state index contributed by atoms with van der Waals surface area (Å²) in [5.41, 5.74) is 0. The van der Waals surface area contributed by atoms with E-state index in [-0.39, 0.29) is 6.10 Å². The van der Waals surface area contributed by atoms with E-state index in [1.165, 1.54) is 0 Å². The van der Waals surface area contributed by atoms with E-state index in [9.17, 15) is 5.11 Å². The molecule has 0 bridgehead atoms. The van der Waals surface area contributed by atoms with Crippen LogP contribution in [0.2, 0.25) is 0 Å². The van der Waals surface area contributed by atoms with Gasteiger partial charge in [0.05, 0.1) is 6.10 Å². The van der Waals surface area contributed by atoms with Gasteiger partial charge in [-0.1, -0.05) is 13.8 Å². The molecule has 1 heterocycles. The van der Waals surface area contributed by atoms with E-state index in [1.807, 2.05) is 0 Å². The van der Waals surface area contributed by atoms with E-state index in [4.69, 9.17) is 0 Å². The van der Waals surface area contributed by atoms with Gasteiger partial charge in [-0.05, 0) is 19.5 Å². The standard InChI is InChI=1S/C10H22N2O/c1-3-11(4-2)7-8-12-6-5-10(13)9-12/h10,13H,3-9H2,1-2H3/t10-/m1/s1. The van der Waals surface area contributed by atoms with E-state index in [2.05, 4.69) is 23.6 Å². The van der Waals surface area contributed by atoms with Crippen LogP contribution >= 0.6 is 0 Å². The first-order valence-corrected chi connectivity index (χ1v) is 5.39.